The van der Waals surface area contributed by atoms with E-state index in [4.69, 9.17) is 4.74 Å². The lowest BCUT2D eigenvalue weighted by Gasteiger charge is -2.18. The number of aryl methyl sites for hydroxylation is 2. The number of methoxy groups -OCH3 is 1. The fraction of sp³-hybridized carbons (Fsp3) is 0.130. The van der Waals surface area contributed by atoms with Crippen LogP contribution >= 0.6 is 11.3 Å². The number of carbonyl (C=O) groups is 2. The highest BCUT2D eigenvalue weighted by molar-refractivity contribution is 7.11. The molecule has 0 saturated heterocycles. The van der Waals surface area contributed by atoms with Gasteiger partial charge in [0.1, 0.15) is 11.4 Å². The first-order valence-corrected chi connectivity index (χ1v) is 10.0. The molecule has 2 heterocycles. The van der Waals surface area contributed by atoms with Gasteiger partial charge in [0, 0.05) is 4.88 Å². The van der Waals surface area contributed by atoms with Gasteiger partial charge in [0.2, 0.25) is 0 Å². The number of anilines is 2. The van der Waals surface area contributed by atoms with E-state index in [9.17, 15) is 9.59 Å². The number of nitrogens with one attached hydrogen (secondary N) is 1. The van der Waals surface area contributed by atoms with Gasteiger partial charge in [0.15, 0.2) is 0 Å². The van der Waals surface area contributed by atoms with Gasteiger partial charge < -0.3 is 10.1 Å². The van der Waals surface area contributed by atoms with Crippen molar-refractivity contribution in [2.24, 2.45) is 0 Å². The Morgan fingerprint density at radius 1 is 0.966 bits per heavy atom. The maximum Gasteiger partial charge on any atom is 0.282 e. The van der Waals surface area contributed by atoms with E-state index in [1.165, 1.54) is 16.2 Å². The summed E-state index contributed by atoms with van der Waals surface area (Å²) in [4.78, 5) is 28.8. The van der Waals surface area contributed by atoms with Gasteiger partial charge in [-0.05, 0) is 49.1 Å². The van der Waals surface area contributed by atoms with Crippen LogP contribution in [0.25, 0.3) is 5.57 Å². The Kier molecular flexibility index (Phi) is 4.94. The van der Waals surface area contributed by atoms with Gasteiger partial charge >= 0.3 is 0 Å². The van der Waals surface area contributed by atoms with Crippen molar-refractivity contribution in [3.8, 4) is 5.75 Å². The lowest BCUT2D eigenvalue weighted by molar-refractivity contribution is -0.120. The van der Waals surface area contributed by atoms with Crippen molar-refractivity contribution in [3.63, 3.8) is 0 Å². The number of hydrogen-bond donors (Lipinski definition) is 1. The zero-order chi connectivity index (χ0) is 20.5. The first-order valence-electron chi connectivity index (χ1n) is 9.15. The third-order valence-electron chi connectivity index (χ3n) is 4.81. The van der Waals surface area contributed by atoms with E-state index in [1.54, 1.807) is 13.2 Å². The summed E-state index contributed by atoms with van der Waals surface area (Å²) in [5.74, 6) is -0.117. The molecule has 3 aromatic rings. The van der Waals surface area contributed by atoms with Gasteiger partial charge in [-0.15, -0.1) is 11.3 Å². The van der Waals surface area contributed by atoms with Crippen molar-refractivity contribution in [1.82, 2.24) is 0 Å². The van der Waals surface area contributed by atoms with Crippen molar-refractivity contribution in [1.29, 1.82) is 0 Å². The fourth-order valence-electron chi connectivity index (χ4n) is 3.45. The summed E-state index contributed by atoms with van der Waals surface area (Å²) >= 11 is 1.43. The number of thiophene rings is 1. The molecule has 5 nitrogen and oxygen atoms in total. The maximum absolute atomic E-state index is 13.4. The topological polar surface area (TPSA) is 58.6 Å². The number of rotatable bonds is 5. The van der Waals surface area contributed by atoms with Crippen molar-refractivity contribution in [2.45, 2.75) is 13.8 Å². The lowest BCUT2D eigenvalue weighted by Crippen LogP contribution is -2.33. The van der Waals surface area contributed by atoms with Crippen LogP contribution < -0.4 is 15.0 Å². The molecule has 0 fully saturated rings. The van der Waals surface area contributed by atoms with E-state index in [2.05, 4.69) is 5.32 Å². The molecule has 146 valence electrons. The molecular weight excluding hydrogens is 384 g/mol. The highest BCUT2D eigenvalue weighted by atomic mass is 32.1. The first kappa shape index (κ1) is 19.0. The zero-order valence-electron chi connectivity index (χ0n) is 16.4. The third kappa shape index (κ3) is 3.32. The molecule has 0 aliphatic carbocycles. The zero-order valence-corrected chi connectivity index (χ0v) is 17.2. The Morgan fingerprint density at radius 2 is 1.76 bits per heavy atom. The first-order chi connectivity index (χ1) is 14.0. The Morgan fingerprint density at radius 3 is 2.45 bits per heavy atom. The second kappa shape index (κ2) is 7.56. The Balaban J connectivity index is 1.83. The van der Waals surface area contributed by atoms with Crippen LogP contribution in [0.5, 0.6) is 5.75 Å². The predicted octanol–water partition coefficient (Wildman–Crippen LogP) is 4.77. The molecular formula is C23H20N2O3S. The number of carbonyl (C=O) groups excluding carboxylic acids is 2. The maximum atomic E-state index is 13.4. The molecule has 0 saturated carbocycles. The van der Waals surface area contributed by atoms with Crippen LogP contribution in [0.3, 0.4) is 0 Å². The Hall–Kier alpha value is -3.38. The molecule has 0 bridgehead atoms. The van der Waals surface area contributed by atoms with Crippen LogP contribution in [0.4, 0.5) is 11.4 Å². The average molecular weight is 404 g/mol. The van der Waals surface area contributed by atoms with Gasteiger partial charge in [-0.25, -0.2) is 4.90 Å². The second-order valence-corrected chi connectivity index (χ2v) is 7.74. The quantitative estimate of drug-likeness (QED) is 0.623. The van der Waals surface area contributed by atoms with Gasteiger partial charge in [0.05, 0.1) is 24.1 Å². The number of nitrogens with zero attached hydrogens (tertiary/aromatic N) is 1. The van der Waals surface area contributed by atoms with E-state index in [-0.39, 0.29) is 17.5 Å². The summed E-state index contributed by atoms with van der Waals surface area (Å²) < 4.78 is 5.40. The smallest absolute Gasteiger partial charge is 0.282 e. The minimum Gasteiger partial charge on any atom is -0.495 e. The van der Waals surface area contributed by atoms with Crippen molar-refractivity contribution >= 4 is 40.1 Å². The summed E-state index contributed by atoms with van der Waals surface area (Å²) in [6.07, 6.45) is 0. The molecule has 2 aromatic carbocycles. The van der Waals surface area contributed by atoms with Crippen LogP contribution in [0.15, 0.2) is 65.7 Å². The number of hydrogen-bond acceptors (Lipinski definition) is 5. The van der Waals surface area contributed by atoms with Gasteiger partial charge in [-0.3, -0.25) is 9.59 Å². The van der Waals surface area contributed by atoms with E-state index in [0.717, 1.165) is 16.0 Å². The SMILES string of the molecule is COc1ccccc1NC1=C(c2cccs2)C(=O)N(c2ccc(C)cc2C)C1=O. The van der Waals surface area contributed by atoms with Gasteiger partial charge in [-0.1, -0.05) is 35.9 Å². The summed E-state index contributed by atoms with van der Waals surface area (Å²) in [5, 5.41) is 5.05. The highest BCUT2D eigenvalue weighted by Crippen LogP contribution is 2.37. The molecule has 0 unspecified atom stereocenters. The second-order valence-electron chi connectivity index (χ2n) is 6.79. The van der Waals surface area contributed by atoms with Crippen LogP contribution in [-0.2, 0) is 9.59 Å². The number of amides is 2. The van der Waals surface area contributed by atoms with Crippen LogP contribution in [0.1, 0.15) is 16.0 Å². The lowest BCUT2D eigenvalue weighted by atomic mass is 10.1. The van der Waals surface area contributed by atoms with Crippen LogP contribution in [0, 0.1) is 13.8 Å². The van der Waals surface area contributed by atoms with E-state index >= 15 is 0 Å². The molecule has 0 radical (unpaired) electrons. The number of para-hydroxylation sites is 2. The molecule has 2 amide bonds. The van der Waals surface area contributed by atoms with Crippen LogP contribution in [0.2, 0.25) is 0 Å². The van der Waals surface area contributed by atoms with E-state index in [1.807, 2.05) is 67.8 Å². The molecule has 1 aliphatic heterocycles. The summed E-state index contributed by atoms with van der Waals surface area (Å²) in [6, 6.07) is 16.7. The average Bonchev–Trinajstić information content (AvgIpc) is 3.30. The molecule has 29 heavy (non-hydrogen) atoms. The minimum atomic E-state index is -0.378. The molecule has 0 spiro atoms. The highest BCUT2D eigenvalue weighted by Gasteiger charge is 2.41. The standard InChI is InChI=1S/C23H20N2O3S/c1-14-10-11-17(15(2)13-14)25-22(26)20(19-9-6-12-29-19)21(23(25)27)24-16-7-4-5-8-18(16)28-3/h4-13,24H,1-3H3. The van der Waals surface area contributed by atoms with Crippen molar-refractivity contribution in [3.05, 3.63) is 81.7 Å². The molecule has 4 rings (SSSR count). The minimum absolute atomic E-state index is 0.252. The Labute approximate surface area is 173 Å². The molecule has 1 aromatic heterocycles. The number of benzene rings is 2. The third-order valence-corrected chi connectivity index (χ3v) is 5.70. The van der Waals surface area contributed by atoms with E-state index < -0.39 is 0 Å². The summed E-state index contributed by atoms with van der Waals surface area (Å²) in [5.41, 5.74) is 3.79. The Bertz CT molecular complexity index is 1130. The van der Waals surface area contributed by atoms with Gasteiger partial charge in [0.25, 0.3) is 11.8 Å². The molecule has 1 aliphatic rings. The van der Waals surface area contributed by atoms with Crippen LogP contribution in [-0.4, -0.2) is 18.9 Å². The fourth-order valence-corrected chi connectivity index (χ4v) is 4.22. The molecule has 0 atom stereocenters. The van der Waals surface area contributed by atoms with Crippen molar-refractivity contribution < 1.29 is 14.3 Å². The summed E-state index contributed by atoms with van der Waals surface area (Å²) in [7, 11) is 1.57. The van der Waals surface area contributed by atoms with Gasteiger partial charge in [-0.2, -0.15) is 0 Å². The monoisotopic (exact) mass is 404 g/mol. The molecule has 6 heteroatoms. The number of ether oxygens (including phenoxy) is 1. The normalized spacial score (nSPS) is 14.0. The summed E-state index contributed by atoms with van der Waals surface area (Å²) in [6.45, 7) is 3.88. The van der Waals surface area contributed by atoms with Crippen molar-refractivity contribution in [2.75, 3.05) is 17.3 Å². The predicted molar refractivity (Wildman–Crippen MR) is 116 cm³/mol. The largest absolute Gasteiger partial charge is 0.495 e. The molecule has 1 N–H and O–H groups in total. The number of imide groups is 1. The van der Waals surface area contributed by atoms with E-state index in [0.29, 0.717) is 22.7 Å².